The Hall–Kier alpha value is -1.60. The number of nitrogens with zero attached hydrogens (tertiary/aromatic N) is 1. The molecule has 4 fully saturated rings. The maximum Gasteiger partial charge on any atom is 0.408 e. The third-order valence-electron chi connectivity index (χ3n) is 6.89. The lowest BCUT2D eigenvalue weighted by atomic mass is 9.57. The number of amides is 2. The monoisotopic (exact) mass is 435 g/mol. The van der Waals surface area contributed by atoms with Crippen LogP contribution in [0.15, 0.2) is 12.2 Å². The van der Waals surface area contributed by atoms with E-state index in [0.717, 1.165) is 32.1 Å². The fourth-order valence-corrected chi connectivity index (χ4v) is 5.91. The van der Waals surface area contributed by atoms with Crippen molar-refractivity contribution in [1.82, 2.24) is 15.7 Å². The summed E-state index contributed by atoms with van der Waals surface area (Å²) in [5.41, 5.74) is -0.673. The van der Waals surface area contributed by atoms with Gasteiger partial charge in [0, 0.05) is 24.0 Å². The van der Waals surface area contributed by atoms with Crippen LogP contribution in [0.2, 0.25) is 0 Å². The lowest BCUT2D eigenvalue weighted by Gasteiger charge is -2.62. The zero-order valence-corrected chi connectivity index (χ0v) is 20.0. The molecule has 0 radical (unpaired) electrons. The van der Waals surface area contributed by atoms with Crippen molar-refractivity contribution in [3.8, 4) is 0 Å². The predicted octanol–water partition coefficient (Wildman–Crippen LogP) is 4.01. The molecule has 0 aromatic carbocycles. The number of hydrogen-bond acceptors (Lipinski definition) is 5. The summed E-state index contributed by atoms with van der Waals surface area (Å²) in [6, 6.07) is 0.288. The molecule has 2 aliphatic heterocycles. The molecule has 2 aliphatic carbocycles. The zero-order valence-electron chi connectivity index (χ0n) is 20.0. The number of ether oxygens (including phenoxy) is 1. The van der Waals surface area contributed by atoms with Crippen molar-refractivity contribution in [2.45, 2.75) is 109 Å². The van der Waals surface area contributed by atoms with Crippen LogP contribution >= 0.6 is 0 Å². The predicted molar refractivity (Wildman–Crippen MR) is 120 cm³/mol. The Morgan fingerprint density at radius 1 is 1.23 bits per heavy atom. The molecule has 7 nitrogen and oxygen atoms in total. The highest BCUT2D eigenvalue weighted by Gasteiger charge is 2.57. The van der Waals surface area contributed by atoms with Crippen molar-refractivity contribution in [3.05, 3.63) is 12.2 Å². The van der Waals surface area contributed by atoms with Gasteiger partial charge in [-0.15, -0.1) is 0 Å². The van der Waals surface area contributed by atoms with Crippen molar-refractivity contribution in [2.24, 2.45) is 17.8 Å². The first-order valence-corrected chi connectivity index (χ1v) is 11.8. The first kappa shape index (κ1) is 24.1. The third-order valence-corrected chi connectivity index (χ3v) is 6.89. The maximum atomic E-state index is 12.7. The first-order valence-electron chi connectivity index (χ1n) is 11.8. The molecular formula is C24H41N3O4. The number of hydrogen-bond donors (Lipinski definition) is 3. The van der Waals surface area contributed by atoms with E-state index in [1.807, 2.05) is 32.9 Å². The molecule has 4 bridgehead atoms. The topological polar surface area (TPSA) is 90.9 Å². The van der Waals surface area contributed by atoms with E-state index in [9.17, 15) is 14.8 Å². The van der Waals surface area contributed by atoms with Gasteiger partial charge in [-0.25, -0.2) is 4.79 Å². The molecule has 2 saturated heterocycles. The van der Waals surface area contributed by atoms with E-state index in [1.165, 1.54) is 0 Å². The van der Waals surface area contributed by atoms with Gasteiger partial charge in [0.15, 0.2) is 0 Å². The second-order valence-electron chi connectivity index (χ2n) is 11.5. The fourth-order valence-electron chi connectivity index (χ4n) is 5.91. The highest BCUT2D eigenvalue weighted by Crippen LogP contribution is 2.53. The standard InChI is InChI=1S/C24H41N3O4/c1-15(2)10-18(25-22(29)31-23(3,4)5)8-7-9-20(28)26-21-16-11-19-12-17(21)14-24(6,13-16)27(19)30/h7-8,15-19,21,30H,9-14H2,1-6H3,(H,25,29)(H,26,28)/b8-7+/t16-,17+,18-,19?,21?,24?/m1/s1. The van der Waals surface area contributed by atoms with Crippen LogP contribution < -0.4 is 10.6 Å². The Kier molecular flexibility index (Phi) is 7.06. The molecule has 3 unspecified atom stereocenters. The summed E-state index contributed by atoms with van der Waals surface area (Å²) < 4.78 is 5.36. The molecule has 6 atom stereocenters. The number of piperidine rings is 2. The van der Waals surface area contributed by atoms with E-state index in [4.69, 9.17) is 4.74 Å². The number of alkyl carbamates (subject to hydrolysis) is 1. The summed E-state index contributed by atoms with van der Waals surface area (Å²) in [6.07, 6.45) is 8.19. The Morgan fingerprint density at radius 3 is 2.35 bits per heavy atom. The summed E-state index contributed by atoms with van der Waals surface area (Å²) >= 11 is 0. The normalized spacial score (nSPS) is 33.7. The molecule has 7 heteroatoms. The second-order valence-corrected chi connectivity index (χ2v) is 11.5. The fraction of sp³-hybridized carbons (Fsp3) is 0.833. The summed E-state index contributed by atoms with van der Waals surface area (Å²) in [6.45, 7) is 11.9. The number of nitrogens with one attached hydrogen (secondary N) is 2. The minimum Gasteiger partial charge on any atom is -0.444 e. The lowest BCUT2D eigenvalue weighted by molar-refractivity contribution is -0.274. The van der Waals surface area contributed by atoms with Crippen molar-refractivity contribution in [2.75, 3.05) is 0 Å². The van der Waals surface area contributed by atoms with Gasteiger partial charge in [0.05, 0.1) is 6.04 Å². The van der Waals surface area contributed by atoms with E-state index >= 15 is 0 Å². The summed E-state index contributed by atoms with van der Waals surface area (Å²) in [5, 5.41) is 18.2. The van der Waals surface area contributed by atoms with E-state index < -0.39 is 11.7 Å². The summed E-state index contributed by atoms with van der Waals surface area (Å²) in [5.74, 6) is 1.32. The smallest absolute Gasteiger partial charge is 0.408 e. The van der Waals surface area contributed by atoms with E-state index in [1.54, 1.807) is 5.06 Å². The first-order chi connectivity index (χ1) is 14.4. The van der Waals surface area contributed by atoms with Crippen LogP contribution in [0.1, 0.15) is 80.1 Å². The zero-order chi connectivity index (χ0) is 23.0. The lowest BCUT2D eigenvalue weighted by Crippen LogP contribution is -2.69. The van der Waals surface area contributed by atoms with Gasteiger partial charge in [0.1, 0.15) is 5.60 Å². The molecule has 0 aromatic heterocycles. The highest BCUT2D eigenvalue weighted by atomic mass is 16.6. The molecule has 176 valence electrons. The van der Waals surface area contributed by atoms with Gasteiger partial charge in [-0.3, -0.25) is 4.79 Å². The molecule has 3 N–H and O–H groups in total. The summed E-state index contributed by atoms with van der Waals surface area (Å²) in [4.78, 5) is 24.8. The maximum absolute atomic E-state index is 12.7. The van der Waals surface area contributed by atoms with Gasteiger partial charge in [-0.1, -0.05) is 26.0 Å². The Labute approximate surface area is 186 Å². The van der Waals surface area contributed by atoms with Crippen LogP contribution in [0.25, 0.3) is 0 Å². The Balaban J connectivity index is 1.51. The average Bonchev–Trinajstić information content (AvgIpc) is 2.58. The second kappa shape index (κ2) is 9.10. The highest BCUT2D eigenvalue weighted by molar-refractivity contribution is 5.78. The van der Waals surface area contributed by atoms with Crippen LogP contribution in [0.4, 0.5) is 4.79 Å². The number of carbonyl (C=O) groups excluding carboxylic acids is 2. The van der Waals surface area contributed by atoms with Crippen molar-refractivity contribution in [1.29, 1.82) is 0 Å². The van der Waals surface area contributed by atoms with Crippen molar-refractivity contribution in [3.63, 3.8) is 0 Å². The molecule has 4 rings (SSSR count). The molecule has 2 saturated carbocycles. The number of rotatable bonds is 7. The van der Waals surface area contributed by atoms with Crippen LogP contribution in [-0.4, -0.2) is 51.5 Å². The van der Waals surface area contributed by atoms with Gasteiger partial charge < -0.3 is 20.6 Å². The van der Waals surface area contributed by atoms with Gasteiger partial charge in [-0.2, -0.15) is 5.06 Å². The molecule has 0 spiro atoms. The van der Waals surface area contributed by atoms with Crippen LogP contribution in [0.5, 0.6) is 0 Å². The number of carbonyl (C=O) groups is 2. The molecule has 31 heavy (non-hydrogen) atoms. The average molecular weight is 436 g/mol. The Morgan fingerprint density at radius 2 is 1.84 bits per heavy atom. The van der Waals surface area contributed by atoms with Crippen LogP contribution in [-0.2, 0) is 9.53 Å². The minimum atomic E-state index is -0.543. The van der Waals surface area contributed by atoms with Crippen molar-refractivity contribution >= 4 is 12.0 Å². The van der Waals surface area contributed by atoms with Crippen molar-refractivity contribution < 1.29 is 19.5 Å². The Bertz CT molecular complexity index is 683. The van der Waals surface area contributed by atoms with E-state index in [-0.39, 0.29) is 29.6 Å². The van der Waals surface area contributed by atoms with E-state index in [2.05, 4.69) is 31.4 Å². The molecule has 4 aliphatic rings. The summed E-state index contributed by atoms with van der Waals surface area (Å²) in [7, 11) is 0. The largest absolute Gasteiger partial charge is 0.444 e. The van der Waals surface area contributed by atoms with Gasteiger partial charge in [0.25, 0.3) is 0 Å². The molecule has 2 amide bonds. The SMILES string of the molecule is CC(C)C[C@@H](/C=C/CC(=O)NC1[C@@H]2CC3C[C@H]1CC(C)(C2)N3O)NC(=O)OC(C)(C)C. The quantitative estimate of drug-likeness (QED) is 0.526. The van der Waals surface area contributed by atoms with Crippen LogP contribution in [0, 0.1) is 17.8 Å². The van der Waals surface area contributed by atoms with Crippen LogP contribution in [0.3, 0.4) is 0 Å². The van der Waals surface area contributed by atoms with Gasteiger partial charge in [-0.05, 0) is 77.6 Å². The third kappa shape index (κ3) is 6.01. The molecular weight excluding hydrogens is 394 g/mol. The number of hydroxylamine groups is 2. The van der Waals surface area contributed by atoms with E-state index in [0.29, 0.717) is 24.2 Å². The minimum absolute atomic E-state index is 0.0281. The molecule has 0 aromatic rings. The van der Waals surface area contributed by atoms with Gasteiger partial charge in [0.2, 0.25) is 5.91 Å². The molecule has 2 heterocycles. The van der Waals surface area contributed by atoms with Gasteiger partial charge >= 0.3 is 6.09 Å².